The van der Waals surface area contributed by atoms with Gasteiger partial charge in [-0.25, -0.2) is 9.48 Å². The molecule has 3 heterocycles. The summed E-state index contributed by atoms with van der Waals surface area (Å²) in [6.45, 7) is 12.4. The number of ether oxygens (including phenoxy) is 1. The minimum Gasteiger partial charge on any atom is -0.444 e. The third-order valence-electron chi connectivity index (χ3n) is 4.86. The highest BCUT2D eigenvalue weighted by Crippen LogP contribution is 2.35. The summed E-state index contributed by atoms with van der Waals surface area (Å²) in [5.74, 6) is 2.46. The molecule has 1 fully saturated rings. The number of carbonyl (C=O) groups is 1. The first-order valence-corrected chi connectivity index (χ1v) is 9.43. The number of carbonyl (C=O) groups excluding carboxylic acids is 1. The highest BCUT2D eigenvalue weighted by Gasteiger charge is 2.35. The smallest absolute Gasteiger partial charge is 0.410 e. The van der Waals surface area contributed by atoms with Crippen molar-refractivity contribution in [3.63, 3.8) is 0 Å². The number of anilines is 1. The molecule has 2 aliphatic rings. The van der Waals surface area contributed by atoms with Crippen molar-refractivity contribution in [2.24, 2.45) is 5.92 Å². The number of nitrogens with zero attached hydrogens (tertiary/aromatic N) is 4. The lowest BCUT2D eigenvalue weighted by atomic mass is 9.88. The fraction of sp³-hybridized carbons (Fsp3) is 0.833. The molecule has 0 bridgehead atoms. The molecule has 3 rings (SSSR count). The van der Waals surface area contributed by atoms with E-state index in [9.17, 15) is 4.79 Å². The van der Waals surface area contributed by atoms with Crippen LogP contribution in [0.1, 0.15) is 71.7 Å². The van der Waals surface area contributed by atoms with E-state index in [1.807, 2.05) is 25.7 Å². The standard InChI is InChI=1S/C18H31N5O2/c1-12(2)15-20-16-19-9-8-14(23(16)21-15)13-7-6-10-22(11-13)17(24)25-18(3,4)5/h12-14H,6-11H2,1-5H3,(H,19,20,21). The number of nitrogens with one attached hydrogen (secondary N) is 1. The van der Waals surface area contributed by atoms with E-state index in [-0.39, 0.29) is 6.09 Å². The second-order valence-electron chi connectivity index (χ2n) is 8.50. The molecule has 1 N–H and O–H groups in total. The molecule has 2 aliphatic heterocycles. The topological polar surface area (TPSA) is 72.3 Å². The van der Waals surface area contributed by atoms with Gasteiger partial charge in [0.2, 0.25) is 5.95 Å². The number of hydrogen-bond acceptors (Lipinski definition) is 5. The largest absolute Gasteiger partial charge is 0.444 e. The van der Waals surface area contributed by atoms with E-state index in [1.54, 1.807) is 0 Å². The van der Waals surface area contributed by atoms with Crippen LogP contribution in [0.5, 0.6) is 0 Å². The lowest BCUT2D eigenvalue weighted by molar-refractivity contribution is 0.0126. The molecule has 7 nitrogen and oxygen atoms in total. The van der Waals surface area contributed by atoms with Gasteiger partial charge in [-0.2, -0.15) is 10.1 Å². The minimum absolute atomic E-state index is 0.201. The molecule has 2 unspecified atom stereocenters. The molecule has 0 saturated carbocycles. The number of aromatic nitrogens is 3. The molecule has 7 heteroatoms. The van der Waals surface area contributed by atoms with Crippen LogP contribution in [0.15, 0.2) is 0 Å². The van der Waals surface area contributed by atoms with E-state index >= 15 is 0 Å². The van der Waals surface area contributed by atoms with Gasteiger partial charge in [0.05, 0.1) is 6.04 Å². The van der Waals surface area contributed by atoms with E-state index < -0.39 is 5.60 Å². The Hall–Kier alpha value is -1.79. The molecule has 140 valence electrons. The van der Waals surface area contributed by atoms with Crippen LogP contribution < -0.4 is 5.32 Å². The van der Waals surface area contributed by atoms with Crippen LogP contribution in [0, 0.1) is 5.92 Å². The summed E-state index contributed by atoms with van der Waals surface area (Å²) in [4.78, 5) is 18.9. The summed E-state index contributed by atoms with van der Waals surface area (Å²) < 4.78 is 7.62. The van der Waals surface area contributed by atoms with Gasteiger partial charge in [0.15, 0.2) is 5.82 Å². The van der Waals surface area contributed by atoms with Crippen molar-refractivity contribution >= 4 is 12.0 Å². The number of fused-ring (bicyclic) bond motifs is 1. The van der Waals surface area contributed by atoms with E-state index in [0.717, 1.165) is 50.7 Å². The van der Waals surface area contributed by atoms with E-state index in [1.165, 1.54) is 0 Å². The summed E-state index contributed by atoms with van der Waals surface area (Å²) >= 11 is 0. The maximum atomic E-state index is 12.4. The molecule has 0 aromatic carbocycles. The zero-order chi connectivity index (χ0) is 18.2. The normalized spacial score (nSPS) is 24.0. The van der Waals surface area contributed by atoms with Crippen LogP contribution in [-0.4, -0.2) is 51.0 Å². The van der Waals surface area contributed by atoms with Crippen LogP contribution >= 0.6 is 0 Å². The van der Waals surface area contributed by atoms with Crippen molar-refractivity contribution in [2.75, 3.05) is 25.0 Å². The Balaban J connectivity index is 1.73. The Morgan fingerprint density at radius 3 is 2.76 bits per heavy atom. The minimum atomic E-state index is -0.454. The number of amides is 1. The van der Waals surface area contributed by atoms with Crippen molar-refractivity contribution in [3.05, 3.63) is 5.82 Å². The quantitative estimate of drug-likeness (QED) is 0.886. The molecule has 1 saturated heterocycles. The summed E-state index contributed by atoms with van der Waals surface area (Å²) in [5.41, 5.74) is -0.454. The zero-order valence-electron chi connectivity index (χ0n) is 16.1. The SMILES string of the molecule is CC(C)c1nc2n(n1)C(C1CCCN(C(=O)OC(C)(C)C)C1)CCN2. The monoisotopic (exact) mass is 349 g/mol. The predicted molar refractivity (Wildman–Crippen MR) is 96.8 cm³/mol. The molecular weight excluding hydrogens is 318 g/mol. The number of rotatable bonds is 2. The fourth-order valence-electron chi connectivity index (χ4n) is 3.64. The molecule has 1 amide bonds. The highest BCUT2D eigenvalue weighted by atomic mass is 16.6. The maximum absolute atomic E-state index is 12.4. The van der Waals surface area contributed by atoms with Crippen molar-refractivity contribution in [3.8, 4) is 0 Å². The fourth-order valence-corrected chi connectivity index (χ4v) is 3.64. The van der Waals surface area contributed by atoms with Crippen LogP contribution in [0.4, 0.5) is 10.7 Å². The van der Waals surface area contributed by atoms with E-state index in [0.29, 0.717) is 17.9 Å². The molecule has 0 radical (unpaired) electrons. The van der Waals surface area contributed by atoms with E-state index in [4.69, 9.17) is 9.84 Å². The second-order valence-corrected chi connectivity index (χ2v) is 8.50. The Labute approximate surface area is 150 Å². The Bertz CT molecular complexity index is 619. The van der Waals surface area contributed by atoms with Crippen molar-refractivity contribution in [2.45, 2.75) is 71.4 Å². The molecule has 25 heavy (non-hydrogen) atoms. The summed E-state index contributed by atoms with van der Waals surface area (Å²) in [6.07, 6.45) is 2.93. The number of likely N-dealkylation sites (tertiary alicyclic amines) is 1. The summed E-state index contributed by atoms with van der Waals surface area (Å²) in [6, 6.07) is 0.293. The van der Waals surface area contributed by atoms with Gasteiger partial charge in [-0.1, -0.05) is 13.8 Å². The second kappa shape index (κ2) is 6.84. The average molecular weight is 349 g/mol. The Morgan fingerprint density at radius 1 is 1.32 bits per heavy atom. The lowest BCUT2D eigenvalue weighted by Crippen LogP contribution is -2.45. The zero-order valence-corrected chi connectivity index (χ0v) is 16.1. The molecule has 0 spiro atoms. The lowest BCUT2D eigenvalue weighted by Gasteiger charge is -2.39. The Kier molecular flexibility index (Phi) is 4.93. The third-order valence-corrected chi connectivity index (χ3v) is 4.86. The first kappa shape index (κ1) is 18.0. The predicted octanol–water partition coefficient (Wildman–Crippen LogP) is 3.41. The number of piperidine rings is 1. The first-order valence-electron chi connectivity index (χ1n) is 9.43. The van der Waals surface area contributed by atoms with Gasteiger partial charge in [-0.15, -0.1) is 0 Å². The molecule has 1 aromatic rings. The third kappa shape index (κ3) is 4.07. The Morgan fingerprint density at radius 2 is 2.08 bits per heavy atom. The van der Waals surface area contributed by atoms with Crippen LogP contribution in [0.2, 0.25) is 0 Å². The van der Waals surface area contributed by atoms with Crippen LogP contribution in [-0.2, 0) is 4.74 Å². The van der Waals surface area contributed by atoms with Crippen LogP contribution in [0.25, 0.3) is 0 Å². The van der Waals surface area contributed by atoms with Crippen molar-refractivity contribution in [1.82, 2.24) is 19.7 Å². The summed E-state index contributed by atoms with van der Waals surface area (Å²) in [7, 11) is 0. The van der Waals surface area contributed by atoms with Crippen molar-refractivity contribution < 1.29 is 9.53 Å². The van der Waals surface area contributed by atoms with Crippen LogP contribution in [0.3, 0.4) is 0 Å². The average Bonchev–Trinajstić information content (AvgIpc) is 2.97. The van der Waals surface area contributed by atoms with Gasteiger partial charge >= 0.3 is 6.09 Å². The highest BCUT2D eigenvalue weighted by molar-refractivity contribution is 5.68. The van der Waals surface area contributed by atoms with Gasteiger partial charge in [0, 0.05) is 25.6 Å². The van der Waals surface area contributed by atoms with Crippen molar-refractivity contribution in [1.29, 1.82) is 0 Å². The van der Waals surface area contributed by atoms with Gasteiger partial charge in [-0.05, 0) is 46.0 Å². The van der Waals surface area contributed by atoms with E-state index in [2.05, 4.69) is 28.8 Å². The first-order chi connectivity index (χ1) is 11.7. The maximum Gasteiger partial charge on any atom is 0.410 e. The molecule has 1 aromatic heterocycles. The van der Waals surface area contributed by atoms with Gasteiger partial charge < -0.3 is 15.0 Å². The van der Waals surface area contributed by atoms with Gasteiger partial charge in [0.1, 0.15) is 5.60 Å². The number of hydrogen-bond donors (Lipinski definition) is 1. The van der Waals surface area contributed by atoms with Gasteiger partial charge in [0.25, 0.3) is 0 Å². The summed E-state index contributed by atoms with van der Waals surface area (Å²) in [5, 5.41) is 8.10. The molecule has 0 aliphatic carbocycles. The molecule has 2 atom stereocenters. The molecular formula is C18H31N5O2. The van der Waals surface area contributed by atoms with Gasteiger partial charge in [-0.3, -0.25) is 0 Å².